The highest BCUT2D eigenvalue weighted by atomic mass is 16.5. The van der Waals surface area contributed by atoms with Gasteiger partial charge in [-0.05, 0) is 18.6 Å². The number of hydrogen-bond donors (Lipinski definition) is 0. The fraction of sp³-hybridized carbons (Fsp3) is 0.500. The van der Waals surface area contributed by atoms with E-state index in [1.54, 1.807) is 22.8 Å². The van der Waals surface area contributed by atoms with Gasteiger partial charge in [-0.3, -0.25) is 14.3 Å². The van der Waals surface area contributed by atoms with Crippen LogP contribution in [0.3, 0.4) is 0 Å². The molecule has 128 valence electrons. The van der Waals surface area contributed by atoms with Gasteiger partial charge in [-0.15, -0.1) is 0 Å². The zero-order valence-electron chi connectivity index (χ0n) is 13.9. The SMILES string of the molecule is COCCn1nc2n(c1=O)CCN(C(=O)c1ncccc1C)CC2. The fourth-order valence-corrected chi connectivity index (χ4v) is 2.85. The Labute approximate surface area is 139 Å². The first-order chi connectivity index (χ1) is 11.6. The molecule has 1 aliphatic heterocycles. The molecule has 0 bridgehead atoms. The van der Waals surface area contributed by atoms with Crippen molar-refractivity contribution >= 4 is 5.91 Å². The minimum absolute atomic E-state index is 0.0986. The van der Waals surface area contributed by atoms with Crippen LogP contribution in [0.5, 0.6) is 0 Å². The Morgan fingerprint density at radius 3 is 2.92 bits per heavy atom. The average molecular weight is 331 g/mol. The van der Waals surface area contributed by atoms with Crippen LogP contribution in [0, 0.1) is 6.92 Å². The monoisotopic (exact) mass is 331 g/mol. The van der Waals surface area contributed by atoms with Crippen molar-refractivity contribution in [1.29, 1.82) is 0 Å². The molecule has 24 heavy (non-hydrogen) atoms. The van der Waals surface area contributed by atoms with Crippen LogP contribution in [-0.2, 0) is 24.2 Å². The standard InChI is InChI=1S/C16H21N5O3/c1-12-4-3-6-17-14(12)15(22)19-7-5-13-18-21(10-11-24-2)16(23)20(13)9-8-19/h3-4,6H,5,7-11H2,1-2H3. The Morgan fingerprint density at radius 1 is 1.33 bits per heavy atom. The maximum absolute atomic E-state index is 12.7. The lowest BCUT2D eigenvalue weighted by Crippen LogP contribution is -2.36. The zero-order chi connectivity index (χ0) is 17.1. The van der Waals surface area contributed by atoms with Crippen molar-refractivity contribution in [2.75, 3.05) is 26.8 Å². The van der Waals surface area contributed by atoms with Crippen LogP contribution < -0.4 is 5.69 Å². The normalized spacial score (nSPS) is 14.3. The molecular formula is C16H21N5O3. The summed E-state index contributed by atoms with van der Waals surface area (Å²) in [5.74, 6) is 0.614. The van der Waals surface area contributed by atoms with Crippen molar-refractivity contribution in [2.24, 2.45) is 0 Å². The maximum atomic E-state index is 12.7. The molecule has 0 fully saturated rings. The molecule has 1 amide bonds. The van der Waals surface area contributed by atoms with Gasteiger partial charge in [0.05, 0.1) is 13.2 Å². The molecule has 0 N–H and O–H groups in total. The molecule has 8 heteroatoms. The van der Waals surface area contributed by atoms with E-state index in [2.05, 4.69) is 10.1 Å². The number of carbonyl (C=O) groups excluding carboxylic acids is 1. The zero-order valence-corrected chi connectivity index (χ0v) is 13.9. The predicted molar refractivity (Wildman–Crippen MR) is 86.9 cm³/mol. The van der Waals surface area contributed by atoms with Gasteiger partial charge in [-0.1, -0.05) is 6.07 Å². The molecule has 1 aliphatic rings. The van der Waals surface area contributed by atoms with Crippen molar-refractivity contribution in [1.82, 2.24) is 24.2 Å². The Bertz CT molecular complexity index is 795. The molecule has 0 aromatic carbocycles. The van der Waals surface area contributed by atoms with Gasteiger partial charge in [-0.2, -0.15) is 5.10 Å². The maximum Gasteiger partial charge on any atom is 0.346 e. The van der Waals surface area contributed by atoms with Gasteiger partial charge in [0.1, 0.15) is 11.5 Å². The molecule has 0 aliphatic carbocycles. The molecule has 3 heterocycles. The minimum atomic E-state index is -0.148. The Morgan fingerprint density at radius 2 is 2.17 bits per heavy atom. The highest BCUT2D eigenvalue weighted by Gasteiger charge is 2.24. The molecule has 0 saturated carbocycles. The van der Waals surface area contributed by atoms with Gasteiger partial charge in [0.2, 0.25) is 0 Å². The number of ether oxygens (including phenoxy) is 1. The first-order valence-corrected chi connectivity index (χ1v) is 7.98. The average Bonchev–Trinajstić information content (AvgIpc) is 2.75. The highest BCUT2D eigenvalue weighted by Crippen LogP contribution is 2.11. The second-order valence-corrected chi connectivity index (χ2v) is 5.78. The molecule has 0 spiro atoms. The molecule has 0 saturated heterocycles. The van der Waals surface area contributed by atoms with E-state index >= 15 is 0 Å². The summed E-state index contributed by atoms with van der Waals surface area (Å²) in [4.78, 5) is 31.0. The first-order valence-electron chi connectivity index (χ1n) is 7.98. The summed E-state index contributed by atoms with van der Waals surface area (Å²) < 4.78 is 8.07. The van der Waals surface area contributed by atoms with E-state index in [0.29, 0.717) is 50.7 Å². The van der Waals surface area contributed by atoms with Crippen LogP contribution in [0.15, 0.2) is 23.1 Å². The van der Waals surface area contributed by atoms with Crippen molar-refractivity contribution in [3.63, 3.8) is 0 Å². The van der Waals surface area contributed by atoms with E-state index in [0.717, 1.165) is 5.56 Å². The lowest BCUT2D eigenvalue weighted by atomic mass is 10.2. The number of aryl methyl sites for hydroxylation is 1. The molecule has 0 atom stereocenters. The van der Waals surface area contributed by atoms with E-state index in [-0.39, 0.29) is 11.6 Å². The number of pyridine rings is 1. The third-order valence-electron chi connectivity index (χ3n) is 4.20. The van der Waals surface area contributed by atoms with Crippen molar-refractivity contribution < 1.29 is 9.53 Å². The summed E-state index contributed by atoms with van der Waals surface area (Å²) in [7, 11) is 1.59. The number of nitrogens with zero attached hydrogens (tertiary/aromatic N) is 5. The molecule has 0 radical (unpaired) electrons. The number of carbonyl (C=O) groups is 1. The summed E-state index contributed by atoms with van der Waals surface area (Å²) >= 11 is 0. The summed E-state index contributed by atoms with van der Waals surface area (Å²) in [6.45, 7) is 4.19. The summed E-state index contributed by atoms with van der Waals surface area (Å²) in [5, 5.41) is 4.37. The molecule has 2 aromatic heterocycles. The van der Waals surface area contributed by atoms with Crippen molar-refractivity contribution in [2.45, 2.75) is 26.4 Å². The van der Waals surface area contributed by atoms with Gasteiger partial charge in [-0.25, -0.2) is 9.48 Å². The second kappa shape index (κ2) is 6.96. The van der Waals surface area contributed by atoms with Crippen LogP contribution in [0.2, 0.25) is 0 Å². The second-order valence-electron chi connectivity index (χ2n) is 5.78. The summed E-state index contributed by atoms with van der Waals surface area (Å²) in [6, 6.07) is 3.68. The van der Waals surface area contributed by atoms with Crippen LogP contribution in [0.4, 0.5) is 0 Å². The summed E-state index contributed by atoms with van der Waals surface area (Å²) in [5.41, 5.74) is 1.17. The number of fused-ring (bicyclic) bond motifs is 1. The molecule has 8 nitrogen and oxygen atoms in total. The number of hydrogen-bond acceptors (Lipinski definition) is 5. The van der Waals surface area contributed by atoms with Gasteiger partial charge in [0.15, 0.2) is 0 Å². The van der Waals surface area contributed by atoms with Gasteiger partial charge < -0.3 is 9.64 Å². The van der Waals surface area contributed by atoms with E-state index < -0.39 is 0 Å². The van der Waals surface area contributed by atoms with Crippen molar-refractivity contribution in [3.8, 4) is 0 Å². The van der Waals surface area contributed by atoms with Crippen LogP contribution >= 0.6 is 0 Å². The van der Waals surface area contributed by atoms with E-state index in [9.17, 15) is 9.59 Å². The van der Waals surface area contributed by atoms with Gasteiger partial charge in [0, 0.05) is 39.4 Å². The highest BCUT2D eigenvalue weighted by molar-refractivity contribution is 5.93. The molecule has 2 aromatic rings. The third-order valence-corrected chi connectivity index (χ3v) is 4.20. The van der Waals surface area contributed by atoms with E-state index in [4.69, 9.17) is 4.74 Å². The molecule has 3 rings (SSSR count). The van der Waals surface area contributed by atoms with Crippen LogP contribution in [0.25, 0.3) is 0 Å². The van der Waals surface area contributed by atoms with E-state index in [1.165, 1.54) is 4.68 Å². The van der Waals surface area contributed by atoms with Gasteiger partial charge >= 0.3 is 5.69 Å². The topological polar surface area (TPSA) is 82.2 Å². The third kappa shape index (κ3) is 3.09. The molecular weight excluding hydrogens is 310 g/mol. The Kier molecular flexibility index (Phi) is 4.75. The Hall–Kier alpha value is -2.48. The fourth-order valence-electron chi connectivity index (χ4n) is 2.85. The first kappa shape index (κ1) is 16.4. The molecule has 0 unspecified atom stereocenters. The summed E-state index contributed by atoms with van der Waals surface area (Å²) in [6.07, 6.45) is 2.17. The number of methoxy groups -OCH3 is 1. The number of amides is 1. The lowest BCUT2D eigenvalue weighted by molar-refractivity contribution is 0.0751. The van der Waals surface area contributed by atoms with Crippen molar-refractivity contribution in [3.05, 3.63) is 45.9 Å². The predicted octanol–water partition coefficient (Wildman–Crippen LogP) is 0.0931. The Balaban J connectivity index is 1.76. The smallest absolute Gasteiger partial charge is 0.346 e. The quantitative estimate of drug-likeness (QED) is 0.793. The van der Waals surface area contributed by atoms with Crippen LogP contribution in [0.1, 0.15) is 21.9 Å². The van der Waals surface area contributed by atoms with Gasteiger partial charge in [0.25, 0.3) is 5.91 Å². The largest absolute Gasteiger partial charge is 0.383 e. The number of rotatable bonds is 4. The van der Waals surface area contributed by atoms with Crippen LogP contribution in [-0.4, -0.2) is 56.9 Å². The minimum Gasteiger partial charge on any atom is -0.383 e. The lowest BCUT2D eigenvalue weighted by Gasteiger charge is -2.20. The van der Waals surface area contributed by atoms with E-state index in [1.807, 2.05) is 19.1 Å². The number of aromatic nitrogens is 4.